The molecule has 1 aliphatic carbocycles. The van der Waals surface area contributed by atoms with Gasteiger partial charge in [-0.1, -0.05) is 48.5 Å². The van der Waals surface area contributed by atoms with Gasteiger partial charge in [-0.25, -0.2) is 0 Å². The lowest BCUT2D eigenvalue weighted by Crippen LogP contribution is -2.30. The average molecular weight is 422 g/mol. The zero-order valence-corrected chi connectivity index (χ0v) is 14.6. The van der Waals surface area contributed by atoms with Crippen LogP contribution >= 0.6 is 38.5 Å². The van der Waals surface area contributed by atoms with Crippen molar-refractivity contribution in [1.82, 2.24) is 0 Å². The highest BCUT2D eigenvalue weighted by molar-refractivity contribution is 14.1. The van der Waals surface area contributed by atoms with Crippen LogP contribution in [0.2, 0.25) is 0 Å². The average Bonchev–Trinajstić information content (AvgIpc) is 2.40. The molecule has 0 heterocycles. The summed E-state index contributed by atoms with van der Waals surface area (Å²) in [6.45, 7) is 2.31. The fraction of sp³-hybridized carbons (Fsp3) is 0.600. The SMILES string of the molecule is CCC1CCCCC1C(N)c1cc(Br)ccc1I. The zero-order valence-electron chi connectivity index (χ0n) is 10.8. The Labute approximate surface area is 132 Å². The predicted octanol–water partition coefficient (Wildman–Crippen LogP) is 5.27. The van der Waals surface area contributed by atoms with Gasteiger partial charge in [-0.3, -0.25) is 0 Å². The van der Waals surface area contributed by atoms with Crippen LogP contribution in [0.4, 0.5) is 0 Å². The van der Waals surface area contributed by atoms with Gasteiger partial charge in [-0.15, -0.1) is 0 Å². The largest absolute Gasteiger partial charge is 0.324 e. The highest BCUT2D eigenvalue weighted by atomic mass is 127. The Morgan fingerprint density at radius 2 is 2.11 bits per heavy atom. The van der Waals surface area contributed by atoms with E-state index in [9.17, 15) is 0 Å². The molecule has 3 unspecified atom stereocenters. The summed E-state index contributed by atoms with van der Waals surface area (Å²) < 4.78 is 2.43. The fourth-order valence-electron chi connectivity index (χ4n) is 3.22. The molecule has 18 heavy (non-hydrogen) atoms. The van der Waals surface area contributed by atoms with Crippen LogP contribution in [0.5, 0.6) is 0 Å². The van der Waals surface area contributed by atoms with Crippen molar-refractivity contribution in [1.29, 1.82) is 0 Å². The minimum Gasteiger partial charge on any atom is -0.324 e. The minimum atomic E-state index is 0.194. The van der Waals surface area contributed by atoms with Gasteiger partial charge in [0.25, 0.3) is 0 Å². The van der Waals surface area contributed by atoms with Crippen LogP contribution in [0.3, 0.4) is 0 Å². The lowest BCUT2D eigenvalue weighted by Gasteiger charge is -2.35. The predicted molar refractivity (Wildman–Crippen MR) is 89.5 cm³/mol. The number of nitrogens with two attached hydrogens (primary N) is 1. The summed E-state index contributed by atoms with van der Waals surface area (Å²) >= 11 is 5.97. The number of rotatable bonds is 3. The van der Waals surface area contributed by atoms with Crippen molar-refractivity contribution in [3.63, 3.8) is 0 Å². The summed E-state index contributed by atoms with van der Waals surface area (Å²) in [5.41, 5.74) is 7.89. The molecule has 0 spiro atoms. The quantitative estimate of drug-likeness (QED) is 0.661. The van der Waals surface area contributed by atoms with Gasteiger partial charge in [0, 0.05) is 14.1 Å². The maximum absolute atomic E-state index is 6.58. The molecule has 0 aromatic heterocycles. The van der Waals surface area contributed by atoms with E-state index in [1.165, 1.54) is 41.2 Å². The van der Waals surface area contributed by atoms with Gasteiger partial charge in [0.05, 0.1) is 0 Å². The zero-order chi connectivity index (χ0) is 13.1. The van der Waals surface area contributed by atoms with E-state index < -0.39 is 0 Å². The standard InChI is InChI=1S/C15H21BrIN/c1-2-10-5-3-4-6-12(10)15(18)13-9-11(16)7-8-14(13)17/h7-10,12,15H,2-6,18H2,1H3. The fourth-order valence-corrected chi connectivity index (χ4v) is 4.29. The number of benzene rings is 1. The molecule has 1 nitrogen and oxygen atoms in total. The molecule has 0 amide bonds. The van der Waals surface area contributed by atoms with Gasteiger partial charge in [0.15, 0.2) is 0 Å². The molecule has 100 valence electrons. The summed E-state index contributed by atoms with van der Waals surface area (Å²) in [6.07, 6.45) is 6.65. The summed E-state index contributed by atoms with van der Waals surface area (Å²) in [5.74, 6) is 1.47. The van der Waals surface area contributed by atoms with Crippen LogP contribution in [-0.4, -0.2) is 0 Å². The molecule has 0 radical (unpaired) electrons. The molecule has 1 aromatic rings. The van der Waals surface area contributed by atoms with Crippen LogP contribution in [0.1, 0.15) is 50.6 Å². The van der Waals surface area contributed by atoms with Crippen molar-refractivity contribution in [3.05, 3.63) is 31.8 Å². The molecule has 1 fully saturated rings. The Bertz CT molecular complexity index is 407. The maximum Gasteiger partial charge on any atom is 0.0337 e. The van der Waals surface area contributed by atoms with E-state index >= 15 is 0 Å². The second-order valence-corrected chi connectivity index (χ2v) is 7.39. The third-order valence-corrected chi connectivity index (χ3v) is 5.75. The van der Waals surface area contributed by atoms with Gasteiger partial charge in [0.2, 0.25) is 0 Å². The number of halogens is 2. The maximum atomic E-state index is 6.58. The highest BCUT2D eigenvalue weighted by Gasteiger charge is 2.30. The molecule has 1 saturated carbocycles. The van der Waals surface area contributed by atoms with E-state index in [0.717, 1.165) is 10.4 Å². The van der Waals surface area contributed by atoms with Crippen molar-refractivity contribution in [2.75, 3.05) is 0 Å². The second kappa shape index (κ2) is 6.71. The van der Waals surface area contributed by atoms with Crippen molar-refractivity contribution in [2.45, 2.75) is 45.1 Å². The highest BCUT2D eigenvalue weighted by Crippen LogP contribution is 2.40. The Morgan fingerprint density at radius 3 is 2.83 bits per heavy atom. The van der Waals surface area contributed by atoms with Crippen molar-refractivity contribution >= 4 is 38.5 Å². The Balaban J connectivity index is 2.23. The van der Waals surface area contributed by atoms with Gasteiger partial charge in [-0.05, 0) is 64.6 Å². The Hall–Kier alpha value is 0.390. The van der Waals surface area contributed by atoms with Crippen LogP contribution in [-0.2, 0) is 0 Å². The molecule has 2 N–H and O–H groups in total. The lowest BCUT2D eigenvalue weighted by molar-refractivity contribution is 0.196. The van der Waals surface area contributed by atoms with Crippen LogP contribution in [0.25, 0.3) is 0 Å². The molecule has 0 saturated heterocycles. The molecule has 0 bridgehead atoms. The first-order valence-electron chi connectivity index (χ1n) is 6.84. The smallest absolute Gasteiger partial charge is 0.0337 e. The molecule has 1 aliphatic rings. The van der Waals surface area contributed by atoms with E-state index in [-0.39, 0.29) is 6.04 Å². The third-order valence-electron chi connectivity index (χ3n) is 4.27. The van der Waals surface area contributed by atoms with Crippen molar-refractivity contribution in [3.8, 4) is 0 Å². The van der Waals surface area contributed by atoms with Crippen LogP contribution < -0.4 is 5.73 Å². The van der Waals surface area contributed by atoms with E-state index in [2.05, 4.69) is 63.6 Å². The Morgan fingerprint density at radius 1 is 1.39 bits per heavy atom. The summed E-state index contributed by atoms with van der Waals surface area (Å²) in [5, 5.41) is 0. The monoisotopic (exact) mass is 421 g/mol. The summed E-state index contributed by atoms with van der Waals surface area (Å²) in [6, 6.07) is 6.65. The lowest BCUT2D eigenvalue weighted by atomic mass is 9.73. The normalized spacial score (nSPS) is 26.0. The van der Waals surface area contributed by atoms with Gasteiger partial charge in [-0.2, -0.15) is 0 Å². The van der Waals surface area contributed by atoms with Crippen molar-refractivity contribution in [2.24, 2.45) is 17.6 Å². The molecular formula is C15H21BrIN. The van der Waals surface area contributed by atoms with E-state index in [1.807, 2.05) is 0 Å². The molecular weight excluding hydrogens is 401 g/mol. The molecule has 3 atom stereocenters. The van der Waals surface area contributed by atoms with Gasteiger partial charge >= 0.3 is 0 Å². The van der Waals surface area contributed by atoms with Crippen LogP contribution in [0, 0.1) is 15.4 Å². The molecule has 2 rings (SSSR count). The first-order chi connectivity index (χ1) is 8.63. The van der Waals surface area contributed by atoms with Gasteiger partial charge in [0.1, 0.15) is 0 Å². The summed E-state index contributed by atoms with van der Waals surface area (Å²) in [7, 11) is 0. The molecule has 3 heteroatoms. The van der Waals surface area contributed by atoms with Gasteiger partial charge < -0.3 is 5.73 Å². The first-order valence-corrected chi connectivity index (χ1v) is 8.71. The molecule has 0 aliphatic heterocycles. The second-order valence-electron chi connectivity index (χ2n) is 5.31. The van der Waals surface area contributed by atoms with Crippen molar-refractivity contribution < 1.29 is 0 Å². The molecule has 1 aromatic carbocycles. The van der Waals surface area contributed by atoms with E-state index in [1.54, 1.807) is 0 Å². The number of hydrogen-bond acceptors (Lipinski definition) is 1. The first kappa shape index (κ1) is 14.8. The Kier molecular flexibility index (Phi) is 5.51. The van der Waals surface area contributed by atoms with E-state index in [4.69, 9.17) is 5.73 Å². The van der Waals surface area contributed by atoms with E-state index in [0.29, 0.717) is 5.92 Å². The topological polar surface area (TPSA) is 26.0 Å². The third kappa shape index (κ3) is 3.28. The summed E-state index contributed by atoms with van der Waals surface area (Å²) in [4.78, 5) is 0. The minimum absolute atomic E-state index is 0.194. The number of hydrogen-bond donors (Lipinski definition) is 1. The van der Waals surface area contributed by atoms with Crippen LogP contribution in [0.15, 0.2) is 22.7 Å².